The van der Waals surface area contributed by atoms with Crippen LogP contribution in [0.5, 0.6) is 0 Å². The fourth-order valence-corrected chi connectivity index (χ4v) is 3.05. The third kappa shape index (κ3) is 2.00. The van der Waals surface area contributed by atoms with Crippen LogP contribution in [0.25, 0.3) is 27.8 Å². The maximum absolute atomic E-state index is 11.8. The highest BCUT2D eigenvalue weighted by atomic mass is 16.1. The van der Waals surface area contributed by atoms with E-state index in [2.05, 4.69) is 29.5 Å². The second kappa shape index (κ2) is 4.84. The Kier molecular flexibility index (Phi) is 2.91. The molecule has 2 aromatic carbocycles. The zero-order valence-electron chi connectivity index (χ0n) is 13.4. The Labute approximate surface area is 133 Å². The summed E-state index contributed by atoms with van der Waals surface area (Å²) in [5.74, 6) is 1.32. The van der Waals surface area contributed by atoms with Gasteiger partial charge in [-0.3, -0.25) is 9.13 Å². The maximum Gasteiger partial charge on any atom is 0.326 e. The lowest BCUT2D eigenvalue weighted by Crippen LogP contribution is -2.11. The molecule has 5 heteroatoms. The highest BCUT2D eigenvalue weighted by Crippen LogP contribution is 2.27. The smallest absolute Gasteiger partial charge is 0.306 e. The number of para-hydroxylation sites is 2. The van der Waals surface area contributed by atoms with E-state index in [-0.39, 0.29) is 5.69 Å². The minimum Gasteiger partial charge on any atom is -0.306 e. The zero-order chi connectivity index (χ0) is 16.1. The molecule has 116 valence electrons. The molecule has 4 aromatic rings. The Hall–Kier alpha value is -2.82. The maximum atomic E-state index is 11.8. The molecule has 0 amide bonds. The van der Waals surface area contributed by atoms with Gasteiger partial charge in [-0.15, -0.1) is 0 Å². The molecule has 0 saturated heterocycles. The molecule has 0 atom stereocenters. The Morgan fingerprint density at radius 3 is 2.65 bits per heavy atom. The van der Waals surface area contributed by atoms with Crippen LogP contribution in [-0.4, -0.2) is 19.1 Å². The van der Waals surface area contributed by atoms with Crippen molar-refractivity contribution >= 4 is 22.1 Å². The van der Waals surface area contributed by atoms with Crippen LogP contribution in [0.1, 0.15) is 25.6 Å². The molecule has 0 bridgehead atoms. The summed E-state index contributed by atoms with van der Waals surface area (Å²) in [7, 11) is 1.78. The van der Waals surface area contributed by atoms with Gasteiger partial charge in [-0.25, -0.2) is 9.78 Å². The van der Waals surface area contributed by atoms with Crippen molar-refractivity contribution in [2.75, 3.05) is 0 Å². The molecule has 0 fully saturated rings. The third-order valence-electron chi connectivity index (χ3n) is 4.25. The van der Waals surface area contributed by atoms with Crippen molar-refractivity contribution < 1.29 is 0 Å². The van der Waals surface area contributed by atoms with Gasteiger partial charge in [0.05, 0.1) is 22.1 Å². The van der Waals surface area contributed by atoms with Gasteiger partial charge >= 0.3 is 5.69 Å². The predicted molar refractivity (Wildman–Crippen MR) is 92.3 cm³/mol. The molecule has 2 aromatic heterocycles. The molecule has 0 spiro atoms. The van der Waals surface area contributed by atoms with Gasteiger partial charge in [0.15, 0.2) is 0 Å². The fraction of sp³-hybridized carbons (Fsp3) is 0.222. The molecule has 0 aliphatic rings. The first-order valence-electron chi connectivity index (χ1n) is 7.73. The molecule has 23 heavy (non-hydrogen) atoms. The summed E-state index contributed by atoms with van der Waals surface area (Å²) >= 11 is 0. The second-order valence-electron chi connectivity index (χ2n) is 6.14. The molecule has 0 aliphatic carbocycles. The minimum absolute atomic E-state index is 0.100. The second-order valence-corrected chi connectivity index (χ2v) is 6.14. The summed E-state index contributed by atoms with van der Waals surface area (Å²) in [6, 6.07) is 14.1. The highest BCUT2D eigenvalue weighted by molar-refractivity contribution is 5.82. The Balaban J connectivity index is 2.07. The standard InChI is InChI=1S/C18H18N4O/c1-11(2)17-19-13-6-4-5-7-15(13)22(17)12-8-9-14-16(10-12)21(3)18(23)20-14/h4-11H,1-3H3,(H,20,23). The van der Waals surface area contributed by atoms with Crippen LogP contribution in [0.4, 0.5) is 0 Å². The lowest BCUT2D eigenvalue weighted by molar-refractivity contribution is 0.760. The number of hydrogen-bond donors (Lipinski definition) is 1. The molecular weight excluding hydrogens is 288 g/mol. The van der Waals surface area contributed by atoms with Gasteiger partial charge in [-0.1, -0.05) is 26.0 Å². The number of imidazole rings is 2. The molecule has 5 nitrogen and oxygen atoms in total. The van der Waals surface area contributed by atoms with Crippen molar-refractivity contribution in [3.63, 3.8) is 0 Å². The monoisotopic (exact) mass is 306 g/mol. The average molecular weight is 306 g/mol. The van der Waals surface area contributed by atoms with E-state index in [1.165, 1.54) is 0 Å². The van der Waals surface area contributed by atoms with Gasteiger partial charge in [-0.2, -0.15) is 0 Å². The first kappa shape index (κ1) is 13.8. The fourth-order valence-electron chi connectivity index (χ4n) is 3.05. The summed E-state index contributed by atoms with van der Waals surface area (Å²) in [5.41, 5.74) is 4.72. The van der Waals surface area contributed by atoms with Crippen LogP contribution in [0.15, 0.2) is 47.3 Å². The Morgan fingerprint density at radius 1 is 1.09 bits per heavy atom. The quantitative estimate of drug-likeness (QED) is 0.617. The largest absolute Gasteiger partial charge is 0.326 e. The number of benzene rings is 2. The summed E-state index contributed by atoms with van der Waals surface area (Å²) in [6.07, 6.45) is 0. The number of nitrogens with zero attached hydrogens (tertiary/aromatic N) is 3. The summed E-state index contributed by atoms with van der Waals surface area (Å²) in [6.45, 7) is 4.28. The number of nitrogens with one attached hydrogen (secondary N) is 1. The van der Waals surface area contributed by atoms with Gasteiger partial charge in [-0.05, 0) is 30.3 Å². The molecule has 0 aliphatic heterocycles. The van der Waals surface area contributed by atoms with E-state index in [1.807, 2.05) is 36.4 Å². The summed E-state index contributed by atoms with van der Waals surface area (Å²) in [4.78, 5) is 19.5. The number of hydrogen-bond acceptors (Lipinski definition) is 2. The van der Waals surface area contributed by atoms with Crippen molar-refractivity contribution in [1.82, 2.24) is 19.1 Å². The molecular formula is C18H18N4O. The average Bonchev–Trinajstić information content (AvgIpc) is 3.06. The highest BCUT2D eigenvalue weighted by Gasteiger charge is 2.15. The first-order chi connectivity index (χ1) is 11.1. The molecule has 2 heterocycles. The SMILES string of the molecule is CC(C)c1nc2ccccc2n1-c1ccc2[nH]c(=O)n(C)c2c1. The van der Waals surface area contributed by atoms with E-state index in [0.717, 1.165) is 33.6 Å². The number of H-pyrrole nitrogens is 1. The van der Waals surface area contributed by atoms with E-state index >= 15 is 0 Å². The topological polar surface area (TPSA) is 55.6 Å². The lowest BCUT2D eigenvalue weighted by Gasteiger charge is -2.12. The van der Waals surface area contributed by atoms with Gasteiger partial charge < -0.3 is 4.98 Å². The van der Waals surface area contributed by atoms with Crippen molar-refractivity contribution in [2.24, 2.45) is 7.05 Å². The number of fused-ring (bicyclic) bond motifs is 2. The Morgan fingerprint density at radius 2 is 1.87 bits per heavy atom. The normalized spacial score (nSPS) is 11.8. The van der Waals surface area contributed by atoms with E-state index in [4.69, 9.17) is 4.98 Å². The Bertz CT molecular complexity index is 1080. The van der Waals surface area contributed by atoms with E-state index in [9.17, 15) is 4.79 Å². The van der Waals surface area contributed by atoms with Crippen LogP contribution in [-0.2, 0) is 7.05 Å². The lowest BCUT2D eigenvalue weighted by atomic mass is 10.2. The van der Waals surface area contributed by atoms with Gasteiger partial charge in [0.2, 0.25) is 0 Å². The van der Waals surface area contributed by atoms with Gasteiger partial charge in [0, 0.05) is 18.7 Å². The van der Waals surface area contributed by atoms with Crippen molar-refractivity contribution in [2.45, 2.75) is 19.8 Å². The number of rotatable bonds is 2. The zero-order valence-corrected chi connectivity index (χ0v) is 13.4. The van der Waals surface area contributed by atoms with Crippen LogP contribution in [0.3, 0.4) is 0 Å². The molecule has 0 saturated carbocycles. The minimum atomic E-state index is -0.100. The summed E-state index contributed by atoms with van der Waals surface area (Å²) in [5, 5.41) is 0. The molecule has 0 unspecified atom stereocenters. The number of aromatic nitrogens is 4. The van der Waals surface area contributed by atoms with Crippen LogP contribution in [0, 0.1) is 0 Å². The first-order valence-corrected chi connectivity index (χ1v) is 7.73. The number of aryl methyl sites for hydroxylation is 1. The van der Waals surface area contributed by atoms with Crippen molar-refractivity contribution in [1.29, 1.82) is 0 Å². The van der Waals surface area contributed by atoms with E-state index < -0.39 is 0 Å². The van der Waals surface area contributed by atoms with E-state index in [1.54, 1.807) is 11.6 Å². The number of aromatic amines is 1. The molecule has 4 rings (SSSR count). The van der Waals surface area contributed by atoms with Crippen LogP contribution < -0.4 is 5.69 Å². The van der Waals surface area contributed by atoms with E-state index in [0.29, 0.717) is 5.92 Å². The molecule has 1 N–H and O–H groups in total. The predicted octanol–water partition coefficient (Wildman–Crippen LogP) is 3.33. The summed E-state index contributed by atoms with van der Waals surface area (Å²) < 4.78 is 3.81. The molecule has 0 radical (unpaired) electrons. The third-order valence-corrected chi connectivity index (χ3v) is 4.25. The van der Waals surface area contributed by atoms with Crippen molar-refractivity contribution in [3.8, 4) is 5.69 Å². The van der Waals surface area contributed by atoms with Gasteiger partial charge in [0.25, 0.3) is 0 Å². The van der Waals surface area contributed by atoms with Crippen molar-refractivity contribution in [3.05, 3.63) is 58.8 Å². The van der Waals surface area contributed by atoms with Gasteiger partial charge in [0.1, 0.15) is 5.82 Å². The van der Waals surface area contributed by atoms with Crippen LogP contribution in [0.2, 0.25) is 0 Å². The van der Waals surface area contributed by atoms with Crippen LogP contribution >= 0.6 is 0 Å².